The molecule has 6 nitrogen and oxygen atoms in total. The lowest BCUT2D eigenvalue weighted by molar-refractivity contribution is 0.323. The standard InChI is InChI=1S/C23H24N4O2S/c1-15-6-11-19-20(14-24)21(27(22(19)25-15)17-4-3-5-17)16-7-9-18(10-8-16)30(28,29)26-23(2)12-13-23/h6-11,17,26H,3-5,12-13H2,1-2H3. The van der Waals surface area contributed by atoms with E-state index in [1.165, 1.54) is 6.42 Å². The van der Waals surface area contributed by atoms with E-state index in [0.717, 1.165) is 53.7 Å². The van der Waals surface area contributed by atoms with Crippen molar-refractivity contribution in [3.8, 4) is 17.3 Å². The van der Waals surface area contributed by atoms with Gasteiger partial charge in [-0.15, -0.1) is 0 Å². The Hall–Kier alpha value is -2.69. The molecule has 2 aromatic heterocycles. The van der Waals surface area contributed by atoms with Crippen LogP contribution in [0.2, 0.25) is 0 Å². The number of fused-ring (bicyclic) bond motifs is 1. The molecule has 0 saturated heterocycles. The first-order valence-electron chi connectivity index (χ1n) is 10.4. The predicted octanol–water partition coefficient (Wildman–Crippen LogP) is 4.44. The summed E-state index contributed by atoms with van der Waals surface area (Å²) in [7, 11) is -3.55. The Bertz CT molecular complexity index is 1290. The van der Waals surface area contributed by atoms with E-state index < -0.39 is 10.0 Å². The van der Waals surface area contributed by atoms with E-state index in [9.17, 15) is 13.7 Å². The zero-order valence-corrected chi connectivity index (χ0v) is 18.0. The summed E-state index contributed by atoms with van der Waals surface area (Å²) in [5, 5.41) is 10.8. The second-order valence-corrected chi connectivity index (χ2v) is 10.5. The highest BCUT2D eigenvalue weighted by Crippen LogP contribution is 2.42. The van der Waals surface area contributed by atoms with Gasteiger partial charge in [-0.1, -0.05) is 12.1 Å². The number of sulfonamides is 1. The number of nitrogens with one attached hydrogen (secondary N) is 1. The number of nitrogens with zero attached hydrogens (tertiary/aromatic N) is 3. The molecule has 7 heteroatoms. The molecule has 0 spiro atoms. The van der Waals surface area contributed by atoms with E-state index in [-0.39, 0.29) is 10.4 Å². The van der Waals surface area contributed by atoms with Gasteiger partial charge in [0.2, 0.25) is 10.0 Å². The monoisotopic (exact) mass is 420 g/mol. The van der Waals surface area contributed by atoms with Gasteiger partial charge < -0.3 is 4.57 Å². The molecule has 0 aliphatic heterocycles. The van der Waals surface area contributed by atoms with Gasteiger partial charge in [-0.3, -0.25) is 0 Å². The molecule has 5 rings (SSSR count). The summed E-state index contributed by atoms with van der Waals surface area (Å²) in [6, 6.07) is 13.5. The van der Waals surface area contributed by atoms with Gasteiger partial charge in [0.15, 0.2) is 0 Å². The predicted molar refractivity (Wildman–Crippen MR) is 115 cm³/mol. The van der Waals surface area contributed by atoms with E-state index in [4.69, 9.17) is 4.98 Å². The highest BCUT2D eigenvalue weighted by Gasteiger charge is 2.41. The van der Waals surface area contributed by atoms with Gasteiger partial charge in [0, 0.05) is 22.7 Å². The third-order valence-electron chi connectivity index (χ3n) is 6.36. The second-order valence-electron chi connectivity index (χ2n) is 8.80. The molecule has 2 aliphatic carbocycles. The van der Waals surface area contributed by atoms with Crippen LogP contribution in [0.3, 0.4) is 0 Å². The van der Waals surface area contributed by atoms with Crippen LogP contribution in [-0.2, 0) is 10.0 Å². The molecular weight excluding hydrogens is 396 g/mol. The second kappa shape index (κ2) is 6.66. The summed E-state index contributed by atoms with van der Waals surface area (Å²) in [5.41, 5.74) is 3.71. The van der Waals surface area contributed by atoms with Gasteiger partial charge in [0.25, 0.3) is 0 Å². The Morgan fingerprint density at radius 3 is 2.43 bits per heavy atom. The fraction of sp³-hybridized carbons (Fsp3) is 0.391. The van der Waals surface area contributed by atoms with Gasteiger partial charge >= 0.3 is 0 Å². The lowest BCUT2D eigenvalue weighted by Gasteiger charge is -2.29. The first-order chi connectivity index (χ1) is 14.3. The van der Waals surface area contributed by atoms with Crippen molar-refractivity contribution < 1.29 is 8.42 Å². The Morgan fingerprint density at radius 2 is 1.87 bits per heavy atom. The summed E-state index contributed by atoms with van der Waals surface area (Å²) >= 11 is 0. The Morgan fingerprint density at radius 1 is 1.17 bits per heavy atom. The zero-order valence-electron chi connectivity index (χ0n) is 17.1. The average molecular weight is 421 g/mol. The van der Waals surface area contributed by atoms with Gasteiger partial charge in [-0.05, 0) is 75.8 Å². The summed E-state index contributed by atoms with van der Waals surface area (Å²) in [6.45, 7) is 3.88. The van der Waals surface area contributed by atoms with E-state index >= 15 is 0 Å². The van der Waals surface area contributed by atoms with Crippen LogP contribution in [0.5, 0.6) is 0 Å². The minimum Gasteiger partial charge on any atom is -0.321 e. The fourth-order valence-electron chi connectivity index (χ4n) is 4.14. The van der Waals surface area contributed by atoms with Crippen LogP contribution in [0.25, 0.3) is 22.3 Å². The number of benzene rings is 1. The van der Waals surface area contributed by atoms with Crippen LogP contribution in [-0.4, -0.2) is 23.5 Å². The molecule has 0 amide bonds. The van der Waals surface area contributed by atoms with E-state index in [2.05, 4.69) is 15.4 Å². The molecule has 0 atom stereocenters. The fourth-order valence-corrected chi connectivity index (χ4v) is 5.60. The van der Waals surface area contributed by atoms with Gasteiger partial charge in [0.1, 0.15) is 11.7 Å². The topological polar surface area (TPSA) is 87.8 Å². The van der Waals surface area contributed by atoms with Crippen molar-refractivity contribution in [1.29, 1.82) is 5.26 Å². The van der Waals surface area contributed by atoms with E-state index in [1.807, 2.05) is 26.0 Å². The van der Waals surface area contributed by atoms with E-state index in [1.54, 1.807) is 24.3 Å². The summed E-state index contributed by atoms with van der Waals surface area (Å²) in [6.07, 6.45) is 5.02. The van der Waals surface area contributed by atoms with Crippen LogP contribution in [0.1, 0.15) is 56.3 Å². The smallest absolute Gasteiger partial charge is 0.241 e. The lowest BCUT2D eigenvalue weighted by atomic mass is 9.92. The number of hydrogen-bond donors (Lipinski definition) is 1. The molecule has 154 valence electrons. The van der Waals surface area contributed by atoms with Crippen LogP contribution >= 0.6 is 0 Å². The van der Waals surface area contributed by atoms with Crippen molar-refractivity contribution >= 4 is 21.1 Å². The maximum absolute atomic E-state index is 12.7. The molecule has 0 bridgehead atoms. The van der Waals surface area contributed by atoms with Crippen LogP contribution in [0.15, 0.2) is 41.3 Å². The molecule has 2 aliphatic rings. The minimum atomic E-state index is -3.55. The third-order valence-corrected chi connectivity index (χ3v) is 8.01. The highest BCUT2D eigenvalue weighted by atomic mass is 32.2. The van der Waals surface area contributed by atoms with Gasteiger partial charge in [-0.2, -0.15) is 5.26 Å². The number of hydrogen-bond acceptors (Lipinski definition) is 4. The largest absolute Gasteiger partial charge is 0.321 e. The molecule has 3 aromatic rings. The van der Waals surface area contributed by atoms with Crippen molar-refractivity contribution in [3.63, 3.8) is 0 Å². The number of aryl methyl sites for hydroxylation is 1. The van der Waals surface area contributed by atoms with Crippen molar-refractivity contribution in [3.05, 3.63) is 47.7 Å². The molecule has 1 aromatic carbocycles. The Kier molecular flexibility index (Phi) is 4.28. The molecule has 0 radical (unpaired) electrons. The van der Waals surface area contributed by atoms with Crippen LogP contribution in [0.4, 0.5) is 0 Å². The molecule has 2 saturated carbocycles. The summed E-state index contributed by atoms with van der Waals surface area (Å²) in [4.78, 5) is 4.99. The first kappa shape index (κ1) is 19.3. The maximum atomic E-state index is 12.7. The highest BCUT2D eigenvalue weighted by molar-refractivity contribution is 7.89. The number of pyridine rings is 1. The molecule has 1 N–H and O–H groups in total. The normalized spacial score (nSPS) is 18.2. The maximum Gasteiger partial charge on any atom is 0.241 e. The molecular formula is C23H24N4O2S. The molecule has 2 heterocycles. The quantitative estimate of drug-likeness (QED) is 0.661. The van der Waals surface area contributed by atoms with Crippen molar-refractivity contribution in [2.24, 2.45) is 0 Å². The molecule has 30 heavy (non-hydrogen) atoms. The third kappa shape index (κ3) is 3.11. The lowest BCUT2D eigenvalue weighted by Crippen LogP contribution is -2.34. The minimum absolute atomic E-state index is 0.248. The Balaban J connectivity index is 1.63. The summed E-state index contributed by atoms with van der Waals surface area (Å²) in [5.74, 6) is 0. The SMILES string of the molecule is Cc1ccc2c(C#N)c(-c3ccc(S(=O)(=O)NC4(C)CC4)cc3)n(C3CCC3)c2n1. The van der Waals surface area contributed by atoms with Crippen LogP contribution < -0.4 is 4.72 Å². The number of aromatic nitrogens is 2. The van der Waals surface area contributed by atoms with Crippen molar-refractivity contribution in [1.82, 2.24) is 14.3 Å². The van der Waals surface area contributed by atoms with Gasteiger partial charge in [0.05, 0.1) is 16.2 Å². The average Bonchev–Trinajstić information content (AvgIpc) is 3.30. The van der Waals surface area contributed by atoms with Crippen molar-refractivity contribution in [2.45, 2.75) is 62.4 Å². The zero-order chi connectivity index (χ0) is 21.1. The molecule has 2 fully saturated rings. The van der Waals surface area contributed by atoms with Crippen molar-refractivity contribution in [2.75, 3.05) is 0 Å². The number of nitriles is 1. The van der Waals surface area contributed by atoms with Gasteiger partial charge in [-0.25, -0.2) is 18.1 Å². The first-order valence-corrected chi connectivity index (χ1v) is 11.9. The molecule has 0 unspecified atom stereocenters. The summed E-state index contributed by atoms with van der Waals surface area (Å²) < 4.78 is 30.4. The van der Waals surface area contributed by atoms with E-state index in [0.29, 0.717) is 11.6 Å². The Labute approximate surface area is 176 Å². The van der Waals surface area contributed by atoms with Crippen LogP contribution in [0, 0.1) is 18.3 Å². The number of rotatable bonds is 5.